The first-order chi connectivity index (χ1) is 8.35. The highest BCUT2D eigenvalue weighted by Crippen LogP contribution is 2.66. The molecular weight excluding hydrogens is 385 g/mol. The molecule has 2 rings (SSSR count). The van der Waals surface area contributed by atoms with Crippen molar-refractivity contribution >= 4 is 49.4 Å². The van der Waals surface area contributed by atoms with E-state index in [4.69, 9.17) is 11.6 Å². The Morgan fingerprint density at radius 2 is 2.33 bits per heavy atom. The molecule has 0 spiro atoms. The lowest BCUT2D eigenvalue weighted by Crippen LogP contribution is -2.34. The van der Waals surface area contributed by atoms with Gasteiger partial charge in [0, 0.05) is 19.3 Å². The third kappa shape index (κ3) is 2.91. The van der Waals surface area contributed by atoms with Gasteiger partial charge in [0.05, 0.1) is 19.9 Å². The monoisotopic (exact) mass is 397 g/mol. The van der Waals surface area contributed by atoms with Gasteiger partial charge in [-0.05, 0) is 19.8 Å². The van der Waals surface area contributed by atoms with Crippen LogP contribution in [0.5, 0.6) is 0 Å². The Balaban J connectivity index is 1.69. The highest BCUT2D eigenvalue weighted by molar-refractivity contribution is 9.25. The van der Waals surface area contributed by atoms with Crippen molar-refractivity contribution in [2.45, 2.75) is 29.5 Å². The summed E-state index contributed by atoms with van der Waals surface area (Å²) in [5.74, 6) is 0.0785. The van der Waals surface area contributed by atoms with Crippen molar-refractivity contribution in [3.05, 3.63) is 17.4 Å². The fourth-order valence-electron chi connectivity index (χ4n) is 1.74. The summed E-state index contributed by atoms with van der Waals surface area (Å²) in [5.41, 5.74) is -0.345. The topological polar surface area (TPSA) is 46.9 Å². The van der Waals surface area contributed by atoms with E-state index in [1.807, 2.05) is 6.92 Å². The van der Waals surface area contributed by atoms with E-state index in [0.29, 0.717) is 11.6 Å². The zero-order chi connectivity index (χ0) is 13.4. The standard InChI is InChI=1S/C11H14Br2ClN3O/c1-10(7-11(10,12)13)9(18)15-3-2-4-17-6-8(14)5-16-17/h5-6H,2-4,7H2,1H3,(H,15,18). The maximum Gasteiger partial charge on any atom is 0.228 e. The van der Waals surface area contributed by atoms with E-state index in [1.54, 1.807) is 17.1 Å². The lowest BCUT2D eigenvalue weighted by Gasteiger charge is -2.12. The van der Waals surface area contributed by atoms with Crippen molar-refractivity contribution in [1.82, 2.24) is 15.1 Å². The van der Waals surface area contributed by atoms with E-state index >= 15 is 0 Å². The number of halogens is 3. The van der Waals surface area contributed by atoms with E-state index in [0.717, 1.165) is 19.4 Å². The summed E-state index contributed by atoms with van der Waals surface area (Å²) in [6.07, 6.45) is 5.01. The number of amides is 1. The van der Waals surface area contributed by atoms with E-state index in [9.17, 15) is 4.79 Å². The Morgan fingerprint density at radius 3 is 2.83 bits per heavy atom. The minimum atomic E-state index is -0.345. The van der Waals surface area contributed by atoms with Crippen molar-refractivity contribution in [2.24, 2.45) is 5.41 Å². The van der Waals surface area contributed by atoms with Crippen LogP contribution in [0.15, 0.2) is 12.4 Å². The molecule has 1 aliphatic carbocycles. The first-order valence-corrected chi connectivity index (χ1v) is 7.66. The Hall–Kier alpha value is -0.0700. The van der Waals surface area contributed by atoms with Gasteiger partial charge in [-0.1, -0.05) is 43.5 Å². The highest BCUT2D eigenvalue weighted by atomic mass is 79.9. The van der Waals surface area contributed by atoms with Crippen LogP contribution in [-0.2, 0) is 11.3 Å². The molecule has 0 bridgehead atoms. The predicted molar refractivity (Wildman–Crippen MR) is 78.2 cm³/mol. The summed E-state index contributed by atoms with van der Waals surface area (Å²) in [7, 11) is 0. The molecule has 1 aromatic rings. The maximum absolute atomic E-state index is 11.9. The van der Waals surface area contributed by atoms with Gasteiger partial charge in [0.25, 0.3) is 0 Å². The molecule has 1 fully saturated rings. The van der Waals surface area contributed by atoms with Crippen LogP contribution in [0.3, 0.4) is 0 Å². The molecule has 1 atom stereocenters. The summed E-state index contributed by atoms with van der Waals surface area (Å²) in [5, 5.41) is 7.65. The van der Waals surface area contributed by atoms with Gasteiger partial charge in [-0.15, -0.1) is 0 Å². The molecule has 4 nitrogen and oxygen atoms in total. The number of alkyl halides is 2. The molecule has 7 heteroatoms. The molecule has 18 heavy (non-hydrogen) atoms. The van der Waals surface area contributed by atoms with Crippen molar-refractivity contribution in [2.75, 3.05) is 6.54 Å². The summed E-state index contributed by atoms with van der Waals surface area (Å²) in [4.78, 5) is 11.9. The molecule has 1 unspecified atom stereocenters. The van der Waals surface area contributed by atoms with Crippen LogP contribution in [0.1, 0.15) is 19.8 Å². The third-order valence-electron chi connectivity index (χ3n) is 3.21. The van der Waals surface area contributed by atoms with Crippen molar-refractivity contribution in [1.29, 1.82) is 0 Å². The van der Waals surface area contributed by atoms with Gasteiger partial charge in [0.1, 0.15) is 0 Å². The van der Waals surface area contributed by atoms with Crippen LogP contribution in [0.4, 0.5) is 0 Å². The van der Waals surface area contributed by atoms with Gasteiger partial charge in [-0.2, -0.15) is 5.10 Å². The molecule has 1 aliphatic rings. The minimum Gasteiger partial charge on any atom is -0.355 e. The molecule has 1 heterocycles. The van der Waals surface area contributed by atoms with Crippen molar-refractivity contribution < 1.29 is 4.79 Å². The second-order valence-electron chi connectivity index (χ2n) is 4.74. The molecule has 1 aromatic heterocycles. The fraction of sp³-hybridized carbons (Fsp3) is 0.636. The SMILES string of the molecule is CC1(C(=O)NCCCn2cc(Cl)cn2)CC1(Br)Br. The van der Waals surface area contributed by atoms with Crippen LogP contribution in [0.25, 0.3) is 0 Å². The van der Waals surface area contributed by atoms with Crippen LogP contribution in [0, 0.1) is 5.41 Å². The average molecular weight is 400 g/mol. The maximum atomic E-state index is 11.9. The molecule has 0 aliphatic heterocycles. The zero-order valence-electron chi connectivity index (χ0n) is 9.92. The summed E-state index contributed by atoms with van der Waals surface area (Å²) in [6.45, 7) is 3.33. The molecule has 1 amide bonds. The summed E-state index contributed by atoms with van der Waals surface area (Å²) >= 11 is 12.7. The van der Waals surface area contributed by atoms with Crippen LogP contribution in [-0.4, -0.2) is 25.5 Å². The number of hydrogen-bond acceptors (Lipinski definition) is 2. The van der Waals surface area contributed by atoms with Gasteiger partial charge >= 0.3 is 0 Å². The number of hydrogen-bond donors (Lipinski definition) is 1. The van der Waals surface area contributed by atoms with Gasteiger partial charge in [0.15, 0.2) is 0 Å². The first kappa shape index (κ1) is 14.3. The van der Waals surface area contributed by atoms with E-state index in [2.05, 4.69) is 42.3 Å². The number of nitrogens with zero attached hydrogens (tertiary/aromatic N) is 2. The molecule has 0 aromatic carbocycles. The van der Waals surface area contributed by atoms with Gasteiger partial charge in [-0.3, -0.25) is 9.48 Å². The Kier molecular flexibility index (Phi) is 4.09. The minimum absolute atomic E-state index is 0.0785. The summed E-state index contributed by atoms with van der Waals surface area (Å²) < 4.78 is 1.54. The normalized spacial score (nSPS) is 24.9. The van der Waals surface area contributed by atoms with E-state index < -0.39 is 0 Å². The number of aryl methyl sites for hydroxylation is 1. The predicted octanol–water partition coefficient (Wildman–Crippen LogP) is 2.94. The second-order valence-corrected chi connectivity index (χ2v) is 8.95. The smallest absolute Gasteiger partial charge is 0.228 e. The Labute approximate surface area is 128 Å². The lowest BCUT2D eigenvalue weighted by atomic mass is 10.1. The van der Waals surface area contributed by atoms with Crippen molar-refractivity contribution in [3.63, 3.8) is 0 Å². The van der Waals surface area contributed by atoms with E-state index in [1.165, 1.54) is 0 Å². The van der Waals surface area contributed by atoms with Crippen LogP contribution < -0.4 is 5.32 Å². The Bertz CT molecular complexity index is 463. The molecule has 1 N–H and O–H groups in total. The summed E-state index contributed by atoms with van der Waals surface area (Å²) in [6, 6.07) is 0. The number of rotatable bonds is 5. The van der Waals surface area contributed by atoms with Crippen molar-refractivity contribution in [3.8, 4) is 0 Å². The quantitative estimate of drug-likeness (QED) is 0.611. The number of carbonyl (C=O) groups is 1. The van der Waals surface area contributed by atoms with Crippen LogP contribution >= 0.6 is 43.5 Å². The zero-order valence-corrected chi connectivity index (χ0v) is 13.8. The molecule has 1 saturated carbocycles. The van der Waals surface area contributed by atoms with E-state index in [-0.39, 0.29) is 14.6 Å². The van der Waals surface area contributed by atoms with Gasteiger partial charge < -0.3 is 5.32 Å². The van der Waals surface area contributed by atoms with Gasteiger partial charge in [-0.25, -0.2) is 0 Å². The van der Waals surface area contributed by atoms with Crippen LogP contribution in [0.2, 0.25) is 5.02 Å². The number of nitrogens with one attached hydrogen (secondary N) is 1. The average Bonchev–Trinajstić information content (AvgIpc) is 2.63. The molecule has 0 saturated heterocycles. The molecule has 100 valence electrons. The Morgan fingerprint density at radius 1 is 1.67 bits per heavy atom. The van der Waals surface area contributed by atoms with Gasteiger partial charge in [0.2, 0.25) is 5.91 Å². The second kappa shape index (κ2) is 5.13. The molecular formula is C11H14Br2ClN3O. The number of carbonyl (C=O) groups excluding carboxylic acids is 1. The number of aromatic nitrogens is 2. The lowest BCUT2D eigenvalue weighted by molar-refractivity contribution is -0.125. The first-order valence-electron chi connectivity index (χ1n) is 5.69. The molecule has 0 radical (unpaired) electrons. The largest absolute Gasteiger partial charge is 0.355 e. The highest BCUT2D eigenvalue weighted by Gasteiger charge is 2.66. The fourth-order valence-corrected chi connectivity index (χ4v) is 3.38. The third-order valence-corrected chi connectivity index (χ3v) is 5.72.